The number of nitro groups is 1. The molecule has 0 aliphatic carbocycles. The Hall–Kier alpha value is -1.91. The number of nitro benzene ring substituents is 1. The van der Waals surface area contributed by atoms with Crippen molar-refractivity contribution in [2.45, 2.75) is 18.9 Å². The summed E-state index contributed by atoms with van der Waals surface area (Å²) in [7, 11) is 0. The predicted octanol–water partition coefficient (Wildman–Crippen LogP) is 3.88. The number of rotatable bonds is 5. The third kappa shape index (κ3) is 3.56. The zero-order valence-corrected chi connectivity index (χ0v) is 11.6. The number of benzene rings is 2. The first kappa shape index (κ1) is 14.5. The predicted molar refractivity (Wildman–Crippen MR) is 79.8 cm³/mol. The molecule has 0 aliphatic heterocycles. The summed E-state index contributed by atoms with van der Waals surface area (Å²) >= 11 is 6.06. The van der Waals surface area contributed by atoms with Crippen LogP contribution in [0.2, 0.25) is 5.02 Å². The van der Waals surface area contributed by atoms with Crippen molar-refractivity contribution in [3.8, 4) is 0 Å². The summed E-state index contributed by atoms with van der Waals surface area (Å²) in [6, 6.07) is 14.3. The van der Waals surface area contributed by atoms with Gasteiger partial charge in [0.15, 0.2) is 0 Å². The molecule has 0 bridgehead atoms. The van der Waals surface area contributed by atoms with Crippen LogP contribution in [-0.4, -0.2) is 4.92 Å². The summed E-state index contributed by atoms with van der Waals surface area (Å²) < 4.78 is 0. The van der Waals surface area contributed by atoms with E-state index < -0.39 is 4.92 Å². The van der Waals surface area contributed by atoms with Crippen LogP contribution in [0.5, 0.6) is 0 Å². The monoisotopic (exact) mass is 290 g/mol. The summed E-state index contributed by atoms with van der Waals surface area (Å²) in [6.45, 7) is 0. The van der Waals surface area contributed by atoms with Crippen LogP contribution in [0.1, 0.15) is 23.6 Å². The van der Waals surface area contributed by atoms with E-state index in [0.29, 0.717) is 11.4 Å². The molecule has 2 aromatic carbocycles. The second kappa shape index (κ2) is 6.50. The number of nitrogens with two attached hydrogens (primary N) is 1. The van der Waals surface area contributed by atoms with Gasteiger partial charge < -0.3 is 5.73 Å². The van der Waals surface area contributed by atoms with E-state index >= 15 is 0 Å². The smallest absolute Gasteiger partial charge is 0.270 e. The lowest BCUT2D eigenvalue weighted by Crippen LogP contribution is -2.11. The highest BCUT2D eigenvalue weighted by atomic mass is 35.5. The first-order chi connectivity index (χ1) is 9.58. The van der Waals surface area contributed by atoms with Gasteiger partial charge in [-0.05, 0) is 24.0 Å². The largest absolute Gasteiger partial charge is 0.324 e. The average molecular weight is 291 g/mol. The molecule has 0 spiro atoms. The van der Waals surface area contributed by atoms with Crippen LogP contribution in [0.25, 0.3) is 0 Å². The summed E-state index contributed by atoms with van der Waals surface area (Å²) in [4.78, 5) is 10.2. The minimum Gasteiger partial charge on any atom is -0.324 e. The van der Waals surface area contributed by atoms with E-state index in [1.54, 1.807) is 6.07 Å². The van der Waals surface area contributed by atoms with E-state index in [4.69, 9.17) is 17.3 Å². The second-order valence-electron chi connectivity index (χ2n) is 4.59. The van der Waals surface area contributed by atoms with Gasteiger partial charge in [-0.15, -0.1) is 0 Å². The lowest BCUT2D eigenvalue weighted by Gasteiger charge is -2.12. The van der Waals surface area contributed by atoms with Gasteiger partial charge in [0.1, 0.15) is 0 Å². The molecule has 2 rings (SSSR count). The first-order valence-corrected chi connectivity index (χ1v) is 6.69. The van der Waals surface area contributed by atoms with Crippen molar-refractivity contribution < 1.29 is 4.92 Å². The molecule has 0 amide bonds. The minimum absolute atomic E-state index is 0.00566. The topological polar surface area (TPSA) is 69.2 Å². The van der Waals surface area contributed by atoms with E-state index in [0.717, 1.165) is 17.5 Å². The van der Waals surface area contributed by atoms with Crippen LogP contribution < -0.4 is 5.73 Å². The summed E-state index contributed by atoms with van der Waals surface area (Å²) in [5.41, 5.74) is 8.08. The van der Waals surface area contributed by atoms with Crippen molar-refractivity contribution >= 4 is 17.3 Å². The molecular formula is C15H15ClN2O2. The Bertz CT molecular complexity index is 602. The SMILES string of the molecule is NC(CCc1ccc([N+](=O)[O-])cc1Cl)c1ccccc1. The van der Waals surface area contributed by atoms with E-state index in [1.807, 2.05) is 30.3 Å². The van der Waals surface area contributed by atoms with Gasteiger partial charge in [0.2, 0.25) is 0 Å². The van der Waals surface area contributed by atoms with Gasteiger partial charge >= 0.3 is 0 Å². The molecule has 0 saturated carbocycles. The molecule has 0 saturated heterocycles. The molecule has 1 unspecified atom stereocenters. The van der Waals surface area contributed by atoms with Gasteiger partial charge in [-0.25, -0.2) is 0 Å². The molecule has 2 aromatic rings. The van der Waals surface area contributed by atoms with Crippen LogP contribution >= 0.6 is 11.6 Å². The molecule has 5 heteroatoms. The highest BCUT2D eigenvalue weighted by Gasteiger charge is 2.11. The fourth-order valence-corrected chi connectivity index (χ4v) is 2.30. The van der Waals surface area contributed by atoms with E-state index in [9.17, 15) is 10.1 Å². The number of halogens is 1. The first-order valence-electron chi connectivity index (χ1n) is 6.31. The molecule has 0 radical (unpaired) electrons. The quantitative estimate of drug-likeness (QED) is 0.671. The van der Waals surface area contributed by atoms with Crippen LogP contribution in [0, 0.1) is 10.1 Å². The van der Waals surface area contributed by atoms with Gasteiger partial charge in [-0.3, -0.25) is 10.1 Å². The fraction of sp³-hybridized carbons (Fsp3) is 0.200. The number of aryl methyl sites for hydroxylation is 1. The van der Waals surface area contributed by atoms with E-state index in [2.05, 4.69) is 0 Å². The lowest BCUT2D eigenvalue weighted by atomic mass is 10.00. The summed E-state index contributed by atoms with van der Waals surface area (Å²) in [5.74, 6) is 0. The van der Waals surface area contributed by atoms with Crippen molar-refractivity contribution in [2.24, 2.45) is 5.73 Å². The molecule has 104 valence electrons. The Morgan fingerprint density at radius 2 is 1.90 bits per heavy atom. The van der Waals surface area contributed by atoms with Crippen LogP contribution in [0.4, 0.5) is 5.69 Å². The Labute approximate surface area is 122 Å². The molecule has 1 atom stereocenters. The summed E-state index contributed by atoms with van der Waals surface area (Å²) in [6.07, 6.45) is 1.43. The van der Waals surface area contributed by atoms with Crippen LogP contribution in [0.3, 0.4) is 0 Å². The lowest BCUT2D eigenvalue weighted by molar-refractivity contribution is -0.384. The molecule has 20 heavy (non-hydrogen) atoms. The average Bonchev–Trinajstić information content (AvgIpc) is 2.46. The third-order valence-electron chi connectivity index (χ3n) is 3.20. The Morgan fingerprint density at radius 3 is 2.50 bits per heavy atom. The Kier molecular flexibility index (Phi) is 4.71. The summed E-state index contributed by atoms with van der Waals surface area (Å²) in [5, 5.41) is 11.1. The number of nitrogens with zero attached hydrogens (tertiary/aromatic N) is 1. The van der Waals surface area contributed by atoms with Crippen molar-refractivity contribution in [1.82, 2.24) is 0 Å². The zero-order chi connectivity index (χ0) is 14.5. The fourth-order valence-electron chi connectivity index (χ4n) is 2.03. The molecule has 0 aliphatic rings. The van der Waals surface area contributed by atoms with Gasteiger partial charge in [-0.1, -0.05) is 48.0 Å². The van der Waals surface area contributed by atoms with Crippen LogP contribution in [0.15, 0.2) is 48.5 Å². The number of non-ortho nitro benzene ring substituents is 1. The Morgan fingerprint density at radius 1 is 1.20 bits per heavy atom. The standard InChI is InChI=1S/C15H15ClN2O2/c16-14-10-13(18(19)20)8-6-11(14)7-9-15(17)12-4-2-1-3-5-12/h1-6,8,10,15H,7,9,17H2. The van der Waals surface area contributed by atoms with Crippen molar-refractivity contribution in [1.29, 1.82) is 0 Å². The number of hydrogen-bond donors (Lipinski definition) is 1. The molecule has 4 nitrogen and oxygen atoms in total. The van der Waals surface area contributed by atoms with Crippen molar-refractivity contribution in [3.05, 3.63) is 74.8 Å². The minimum atomic E-state index is -0.453. The van der Waals surface area contributed by atoms with Crippen molar-refractivity contribution in [3.63, 3.8) is 0 Å². The Balaban J connectivity index is 2.02. The third-order valence-corrected chi connectivity index (χ3v) is 3.55. The van der Waals surface area contributed by atoms with E-state index in [-0.39, 0.29) is 11.7 Å². The van der Waals surface area contributed by atoms with Crippen LogP contribution in [-0.2, 0) is 6.42 Å². The zero-order valence-electron chi connectivity index (χ0n) is 10.8. The van der Waals surface area contributed by atoms with Gasteiger partial charge in [0.25, 0.3) is 5.69 Å². The second-order valence-corrected chi connectivity index (χ2v) is 5.00. The molecule has 0 heterocycles. The van der Waals surface area contributed by atoms with Crippen molar-refractivity contribution in [2.75, 3.05) is 0 Å². The highest BCUT2D eigenvalue weighted by Crippen LogP contribution is 2.25. The maximum absolute atomic E-state index is 10.6. The number of hydrogen-bond acceptors (Lipinski definition) is 3. The normalized spacial score (nSPS) is 12.1. The van der Waals surface area contributed by atoms with Gasteiger partial charge in [-0.2, -0.15) is 0 Å². The molecular weight excluding hydrogens is 276 g/mol. The molecule has 0 fully saturated rings. The maximum Gasteiger partial charge on any atom is 0.270 e. The van der Waals surface area contributed by atoms with Gasteiger partial charge in [0, 0.05) is 18.2 Å². The van der Waals surface area contributed by atoms with E-state index in [1.165, 1.54) is 12.1 Å². The highest BCUT2D eigenvalue weighted by molar-refractivity contribution is 6.31. The molecule has 2 N–H and O–H groups in total. The molecule has 0 aromatic heterocycles. The maximum atomic E-state index is 10.6. The van der Waals surface area contributed by atoms with Gasteiger partial charge in [0.05, 0.1) is 9.95 Å².